The van der Waals surface area contributed by atoms with Gasteiger partial charge in [-0.05, 0) is 61.0 Å². The molecule has 1 aliphatic rings. The number of nitrogens with zero attached hydrogens (tertiary/aromatic N) is 2. The normalized spacial score (nSPS) is 14.1. The Bertz CT molecular complexity index is 1020. The summed E-state index contributed by atoms with van der Waals surface area (Å²) in [6.45, 7) is 5.92. The Balaban J connectivity index is 1.44. The van der Waals surface area contributed by atoms with Crippen LogP contribution in [0.25, 0.3) is 10.9 Å². The molecule has 1 aromatic heterocycles. The largest absolute Gasteiger partial charge is 0.484 e. The number of aryl methyl sites for hydroxylation is 1. The lowest BCUT2D eigenvalue weighted by atomic mass is 10.1. The van der Waals surface area contributed by atoms with Crippen LogP contribution in [0.2, 0.25) is 0 Å². The highest BCUT2D eigenvalue weighted by Crippen LogP contribution is 2.25. The number of aromatic nitrogens is 1. The van der Waals surface area contributed by atoms with E-state index in [1.54, 1.807) is 0 Å². The molecule has 7 heteroatoms. The molecule has 0 unspecified atom stereocenters. The van der Waals surface area contributed by atoms with E-state index in [0.29, 0.717) is 5.75 Å². The minimum atomic E-state index is -0.199. The lowest BCUT2D eigenvalue weighted by Gasteiger charge is -2.29. The number of carbonyl (C=O) groups excluding carboxylic acids is 1. The Morgan fingerprint density at radius 1 is 1.17 bits per heavy atom. The summed E-state index contributed by atoms with van der Waals surface area (Å²) >= 11 is 3.38. The topological polar surface area (TPSA) is 66.5 Å². The van der Waals surface area contributed by atoms with Crippen molar-refractivity contribution in [1.82, 2.24) is 10.3 Å². The fraction of sp³-hybridized carbons (Fsp3) is 0.273. The number of carbonyl (C=O) groups is 1. The first-order chi connectivity index (χ1) is 14.1. The molecule has 4 rings (SSSR count). The Morgan fingerprint density at radius 2 is 1.93 bits per heavy atom. The van der Waals surface area contributed by atoms with E-state index >= 15 is 0 Å². The standard InChI is InChI=1S/C22H23BrN4O2/c1-15-12-21(27-10-8-24-9-11-27)26-20-7-4-17(13-19(15)20)25-22(28)14-29-18-5-2-16(23)3-6-18/h2-7,12-13,24H,8-11,14H2,1H3,(H,25,28). The van der Waals surface area contributed by atoms with E-state index in [1.165, 1.54) is 0 Å². The minimum absolute atomic E-state index is 0.0428. The van der Waals surface area contributed by atoms with Gasteiger partial charge in [0, 0.05) is 41.7 Å². The van der Waals surface area contributed by atoms with Gasteiger partial charge in [-0.2, -0.15) is 0 Å². The fourth-order valence-corrected chi connectivity index (χ4v) is 3.65. The van der Waals surface area contributed by atoms with Crippen LogP contribution in [0.15, 0.2) is 53.0 Å². The highest BCUT2D eigenvalue weighted by atomic mass is 79.9. The van der Waals surface area contributed by atoms with Gasteiger partial charge < -0.3 is 20.3 Å². The van der Waals surface area contributed by atoms with E-state index in [4.69, 9.17) is 9.72 Å². The van der Waals surface area contributed by atoms with E-state index < -0.39 is 0 Å². The summed E-state index contributed by atoms with van der Waals surface area (Å²) in [7, 11) is 0. The number of halogens is 1. The van der Waals surface area contributed by atoms with Crippen molar-refractivity contribution >= 4 is 44.2 Å². The number of ether oxygens (including phenoxy) is 1. The summed E-state index contributed by atoms with van der Waals surface area (Å²) in [5, 5.41) is 7.30. The third-order valence-corrected chi connectivity index (χ3v) is 5.44. The maximum absolute atomic E-state index is 12.3. The summed E-state index contributed by atoms with van der Waals surface area (Å²) in [4.78, 5) is 19.4. The maximum atomic E-state index is 12.3. The molecule has 1 aliphatic heterocycles. The predicted octanol–water partition coefficient (Wildman–Crippen LogP) is 3.73. The van der Waals surface area contributed by atoms with Crippen LogP contribution < -0.4 is 20.3 Å². The smallest absolute Gasteiger partial charge is 0.262 e. The molecule has 2 aromatic carbocycles. The SMILES string of the molecule is Cc1cc(N2CCNCC2)nc2ccc(NC(=O)COc3ccc(Br)cc3)cc12. The number of fused-ring (bicyclic) bond motifs is 1. The van der Waals surface area contributed by atoms with Crippen molar-refractivity contribution < 1.29 is 9.53 Å². The minimum Gasteiger partial charge on any atom is -0.484 e. The van der Waals surface area contributed by atoms with Gasteiger partial charge in [0.1, 0.15) is 11.6 Å². The van der Waals surface area contributed by atoms with Crippen LogP contribution in [-0.4, -0.2) is 43.7 Å². The van der Waals surface area contributed by atoms with Gasteiger partial charge in [-0.25, -0.2) is 4.98 Å². The predicted molar refractivity (Wildman–Crippen MR) is 120 cm³/mol. The van der Waals surface area contributed by atoms with E-state index in [2.05, 4.69) is 44.5 Å². The van der Waals surface area contributed by atoms with E-state index in [1.807, 2.05) is 42.5 Å². The number of piperazine rings is 1. The van der Waals surface area contributed by atoms with Crippen LogP contribution in [0.5, 0.6) is 5.75 Å². The van der Waals surface area contributed by atoms with Crippen molar-refractivity contribution in [3.8, 4) is 5.75 Å². The molecule has 6 nitrogen and oxygen atoms in total. The molecule has 1 saturated heterocycles. The van der Waals surface area contributed by atoms with Crippen molar-refractivity contribution in [2.24, 2.45) is 0 Å². The van der Waals surface area contributed by atoms with Gasteiger partial charge in [-0.15, -0.1) is 0 Å². The lowest BCUT2D eigenvalue weighted by molar-refractivity contribution is -0.118. The number of rotatable bonds is 5. The van der Waals surface area contributed by atoms with Crippen LogP contribution in [0.3, 0.4) is 0 Å². The zero-order valence-corrected chi connectivity index (χ0v) is 17.8. The van der Waals surface area contributed by atoms with Crippen molar-refractivity contribution in [3.05, 3.63) is 58.6 Å². The van der Waals surface area contributed by atoms with Gasteiger partial charge in [0.05, 0.1) is 5.52 Å². The Morgan fingerprint density at radius 3 is 2.69 bits per heavy atom. The van der Waals surface area contributed by atoms with Crippen LogP contribution in [0.1, 0.15) is 5.56 Å². The Hall–Kier alpha value is -2.64. The highest BCUT2D eigenvalue weighted by Gasteiger charge is 2.14. The van der Waals surface area contributed by atoms with Gasteiger partial charge in [-0.3, -0.25) is 4.79 Å². The molecule has 0 atom stereocenters. The summed E-state index contributed by atoms with van der Waals surface area (Å²) < 4.78 is 6.50. The molecule has 0 saturated carbocycles. The average Bonchev–Trinajstić information content (AvgIpc) is 2.74. The van der Waals surface area contributed by atoms with E-state index in [0.717, 1.165) is 58.6 Å². The zero-order chi connectivity index (χ0) is 20.2. The number of hydrogen-bond donors (Lipinski definition) is 2. The number of nitrogens with one attached hydrogen (secondary N) is 2. The molecule has 150 valence electrons. The van der Waals surface area contributed by atoms with Crippen molar-refractivity contribution in [3.63, 3.8) is 0 Å². The molecular weight excluding hydrogens is 432 g/mol. The van der Waals surface area contributed by atoms with Crippen LogP contribution in [-0.2, 0) is 4.79 Å². The summed E-state index contributed by atoms with van der Waals surface area (Å²) in [6.07, 6.45) is 0. The number of anilines is 2. The van der Waals surface area contributed by atoms with Gasteiger partial charge in [-0.1, -0.05) is 15.9 Å². The summed E-state index contributed by atoms with van der Waals surface area (Å²) in [5.41, 5.74) is 2.81. The van der Waals surface area contributed by atoms with E-state index in [-0.39, 0.29) is 12.5 Å². The van der Waals surface area contributed by atoms with Crippen molar-refractivity contribution in [2.45, 2.75) is 6.92 Å². The average molecular weight is 455 g/mol. The van der Waals surface area contributed by atoms with E-state index in [9.17, 15) is 4.79 Å². The number of pyridine rings is 1. The molecule has 1 fully saturated rings. The molecule has 29 heavy (non-hydrogen) atoms. The molecule has 1 amide bonds. The highest BCUT2D eigenvalue weighted by molar-refractivity contribution is 9.10. The van der Waals surface area contributed by atoms with Gasteiger partial charge in [0.2, 0.25) is 0 Å². The molecule has 0 aliphatic carbocycles. The molecule has 0 radical (unpaired) electrons. The molecular formula is C22H23BrN4O2. The van der Waals surface area contributed by atoms with Crippen molar-refractivity contribution in [1.29, 1.82) is 0 Å². The maximum Gasteiger partial charge on any atom is 0.262 e. The monoisotopic (exact) mass is 454 g/mol. The third kappa shape index (κ3) is 4.86. The van der Waals surface area contributed by atoms with Gasteiger partial charge >= 0.3 is 0 Å². The zero-order valence-electron chi connectivity index (χ0n) is 16.2. The second-order valence-corrected chi connectivity index (χ2v) is 7.97. The Labute approximate surface area is 178 Å². The molecule has 2 heterocycles. The second-order valence-electron chi connectivity index (χ2n) is 7.06. The number of hydrogen-bond acceptors (Lipinski definition) is 5. The van der Waals surface area contributed by atoms with Crippen molar-refractivity contribution in [2.75, 3.05) is 43.0 Å². The number of amides is 1. The second kappa shape index (κ2) is 8.80. The van der Waals surface area contributed by atoms with Crippen LogP contribution in [0, 0.1) is 6.92 Å². The van der Waals surface area contributed by atoms with Gasteiger partial charge in [0.15, 0.2) is 6.61 Å². The third-order valence-electron chi connectivity index (χ3n) is 4.91. The van der Waals surface area contributed by atoms with Crippen LogP contribution in [0.4, 0.5) is 11.5 Å². The number of benzene rings is 2. The molecule has 3 aromatic rings. The van der Waals surface area contributed by atoms with Gasteiger partial charge in [0.25, 0.3) is 5.91 Å². The fourth-order valence-electron chi connectivity index (χ4n) is 3.39. The quantitative estimate of drug-likeness (QED) is 0.614. The summed E-state index contributed by atoms with van der Waals surface area (Å²) in [5.74, 6) is 1.47. The van der Waals surface area contributed by atoms with Crippen LogP contribution >= 0.6 is 15.9 Å². The first kappa shape index (κ1) is 19.7. The molecule has 2 N–H and O–H groups in total. The first-order valence-corrected chi connectivity index (χ1v) is 10.4. The first-order valence-electron chi connectivity index (χ1n) is 9.64. The molecule has 0 bridgehead atoms. The lowest BCUT2D eigenvalue weighted by Crippen LogP contribution is -2.43. The summed E-state index contributed by atoms with van der Waals surface area (Å²) in [6, 6.07) is 15.3. The molecule has 0 spiro atoms. The Kier molecular flexibility index (Phi) is 5.97.